The van der Waals surface area contributed by atoms with E-state index in [0.717, 1.165) is 100 Å². The van der Waals surface area contributed by atoms with Crippen molar-refractivity contribution >= 4 is 27.3 Å². The zero-order chi connectivity index (χ0) is 23.8. The van der Waals surface area contributed by atoms with E-state index < -0.39 is 0 Å². The number of hydrogen-bond acceptors (Lipinski definition) is 6. The Labute approximate surface area is 209 Å². The first-order chi connectivity index (χ1) is 17.2. The second-order valence-electron chi connectivity index (χ2n) is 10.3. The van der Waals surface area contributed by atoms with Gasteiger partial charge < -0.3 is 9.80 Å². The molecule has 7 nitrogen and oxygen atoms in total. The summed E-state index contributed by atoms with van der Waals surface area (Å²) >= 11 is 1.50. The molecule has 2 saturated heterocycles. The first-order valence-corrected chi connectivity index (χ1v) is 14.0. The Morgan fingerprint density at radius 1 is 0.971 bits per heavy atom. The van der Waals surface area contributed by atoms with Crippen molar-refractivity contribution in [3.05, 3.63) is 57.5 Å². The van der Waals surface area contributed by atoms with E-state index in [2.05, 4.69) is 45.2 Å². The van der Waals surface area contributed by atoms with E-state index >= 15 is 0 Å². The lowest BCUT2D eigenvalue weighted by atomic mass is 9.88. The average molecular weight is 492 g/mol. The smallest absolute Gasteiger partial charge is 0.278 e. The van der Waals surface area contributed by atoms with Crippen LogP contribution in [-0.4, -0.2) is 51.6 Å². The highest BCUT2D eigenvalue weighted by atomic mass is 32.1. The Kier molecular flexibility index (Phi) is 6.31. The van der Waals surface area contributed by atoms with Crippen molar-refractivity contribution in [2.75, 3.05) is 31.1 Å². The van der Waals surface area contributed by atoms with E-state index in [1.54, 1.807) is 0 Å². The van der Waals surface area contributed by atoms with Crippen molar-refractivity contribution in [1.82, 2.24) is 19.5 Å². The van der Waals surface area contributed by atoms with Gasteiger partial charge in [0.1, 0.15) is 0 Å². The highest BCUT2D eigenvalue weighted by Gasteiger charge is 2.32. The zero-order valence-corrected chi connectivity index (χ0v) is 21.0. The number of nitrogens with zero attached hydrogens (tertiary/aromatic N) is 5. The molecule has 2 aliphatic heterocycles. The van der Waals surface area contributed by atoms with Crippen LogP contribution in [0.1, 0.15) is 55.3 Å². The van der Waals surface area contributed by atoms with Gasteiger partial charge in [-0.2, -0.15) is 4.52 Å². The summed E-state index contributed by atoms with van der Waals surface area (Å²) in [5.41, 5.74) is 3.22. The summed E-state index contributed by atoms with van der Waals surface area (Å²) in [6.07, 6.45) is 8.86. The highest BCUT2D eigenvalue weighted by molar-refractivity contribution is 7.20. The SMILES string of the molecule is O=C(C1CCN(c2nn3c(=O)c4c(nc3s2)CCCC4)CC1)N1CCC(Cc2ccccc2)CC1. The first kappa shape index (κ1) is 22.7. The highest BCUT2D eigenvalue weighted by Crippen LogP contribution is 2.30. The summed E-state index contributed by atoms with van der Waals surface area (Å²) in [6, 6.07) is 10.7. The molecule has 1 amide bonds. The molecular weight excluding hydrogens is 458 g/mol. The maximum Gasteiger partial charge on any atom is 0.278 e. The topological polar surface area (TPSA) is 70.8 Å². The van der Waals surface area contributed by atoms with Gasteiger partial charge in [-0.3, -0.25) is 9.59 Å². The van der Waals surface area contributed by atoms with Gasteiger partial charge in [0.15, 0.2) is 0 Å². The van der Waals surface area contributed by atoms with Gasteiger partial charge >= 0.3 is 0 Å². The van der Waals surface area contributed by atoms with Gasteiger partial charge in [-0.1, -0.05) is 41.7 Å². The molecule has 3 aromatic rings. The monoisotopic (exact) mass is 491 g/mol. The number of aromatic nitrogens is 3. The minimum atomic E-state index is 0.00734. The van der Waals surface area contributed by atoms with Gasteiger partial charge in [0, 0.05) is 37.7 Å². The molecule has 2 fully saturated rings. The number of aryl methyl sites for hydroxylation is 1. The number of anilines is 1. The maximum absolute atomic E-state index is 13.2. The molecule has 0 saturated carbocycles. The van der Waals surface area contributed by atoms with Gasteiger partial charge in [-0.25, -0.2) is 4.98 Å². The van der Waals surface area contributed by atoms with E-state index in [1.807, 2.05) is 0 Å². The van der Waals surface area contributed by atoms with Crippen LogP contribution in [0, 0.1) is 11.8 Å². The second kappa shape index (κ2) is 9.72. The normalized spacial score (nSPS) is 19.8. The lowest BCUT2D eigenvalue weighted by Gasteiger charge is -2.37. The van der Waals surface area contributed by atoms with Gasteiger partial charge in [-0.15, -0.1) is 5.10 Å². The molecule has 0 atom stereocenters. The van der Waals surface area contributed by atoms with E-state index in [-0.39, 0.29) is 11.5 Å². The van der Waals surface area contributed by atoms with Crippen molar-refractivity contribution < 1.29 is 4.79 Å². The average Bonchev–Trinajstić information content (AvgIpc) is 3.34. The zero-order valence-electron chi connectivity index (χ0n) is 20.2. The summed E-state index contributed by atoms with van der Waals surface area (Å²) < 4.78 is 1.50. The number of rotatable bonds is 4. The quantitative estimate of drug-likeness (QED) is 0.556. The molecule has 6 rings (SSSR count). The predicted octanol–water partition coefficient (Wildman–Crippen LogP) is 3.73. The molecule has 1 aliphatic carbocycles. The van der Waals surface area contributed by atoms with E-state index in [9.17, 15) is 9.59 Å². The van der Waals surface area contributed by atoms with Crippen molar-refractivity contribution in [1.29, 1.82) is 0 Å². The van der Waals surface area contributed by atoms with Crippen LogP contribution >= 0.6 is 11.3 Å². The van der Waals surface area contributed by atoms with Crippen molar-refractivity contribution in [2.45, 2.75) is 57.8 Å². The van der Waals surface area contributed by atoms with Gasteiger partial charge in [-0.05, 0) is 69.3 Å². The Balaban J connectivity index is 1.05. The lowest BCUT2D eigenvalue weighted by Crippen LogP contribution is -2.45. The molecule has 3 aliphatic rings. The fraction of sp³-hybridized carbons (Fsp3) is 0.556. The molecule has 8 heteroatoms. The number of piperidine rings is 2. The minimum absolute atomic E-state index is 0.00734. The van der Waals surface area contributed by atoms with Crippen LogP contribution in [0.2, 0.25) is 0 Å². The predicted molar refractivity (Wildman–Crippen MR) is 138 cm³/mol. The number of hydrogen-bond donors (Lipinski definition) is 0. The molecule has 2 aromatic heterocycles. The van der Waals surface area contributed by atoms with Crippen LogP contribution in [-0.2, 0) is 24.1 Å². The van der Waals surface area contributed by atoms with Crippen molar-refractivity contribution in [3.8, 4) is 0 Å². The molecule has 1 aromatic carbocycles. The maximum atomic E-state index is 13.2. The van der Waals surface area contributed by atoms with Crippen LogP contribution < -0.4 is 10.5 Å². The first-order valence-electron chi connectivity index (χ1n) is 13.1. The lowest BCUT2D eigenvalue weighted by molar-refractivity contribution is -0.137. The van der Waals surface area contributed by atoms with Gasteiger partial charge in [0.2, 0.25) is 16.0 Å². The molecule has 0 N–H and O–H groups in total. The fourth-order valence-electron chi connectivity index (χ4n) is 5.97. The molecule has 0 radical (unpaired) electrons. The van der Waals surface area contributed by atoms with Gasteiger partial charge in [0.25, 0.3) is 5.56 Å². The Hall–Kier alpha value is -2.74. The summed E-state index contributed by atoms with van der Waals surface area (Å²) in [4.78, 5) is 35.9. The summed E-state index contributed by atoms with van der Waals surface area (Å²) in [7, 11) is 0. The number of carbonyl (C=O) groups is 1. The number of benzene rings is 1. The molecule has 0 unspecified atom stereocenters. The summed E-state index contributed by atoms with van der Waals surface area (Å²) in [5.74, 6) is 1.10. The molecular formula is C27H33N5O2S. The van der Waals surface area contributed by atoms with Gasteiger partial charge in [0.05, 0.1) is 5.69 Å². The summed E-state index contributed by atoms with van der Waals surface area (Å²) in [6.45, 7) is 3.37. The Morgan fingerprint density at radius 3 is 2.49 bits per heavy atom. The van der Waals surface area contributed by atoms with Crippen molar-refractivity contribution in [3.63, 3.8) is 0 Å². The van der Waals surface area contributed by atoms with Crippen LogP contribution in [0.25, 0.3) is 4.96 Å². The summed E-state index contributed by atoms with van der Waals surface area (Å²) in [5, 5.41) is 5.49. The van der Waals surface area contributed by atoms with E-state index in [4.69, 9.17) is 4.98 Å². The Morgan fingerprint density at radius 2 is 1.71 bits per heavy atom. The largest absolute Gasteiger partial charge is 0.347 e. The third-order valence-corrected chi connectivity index (χ3v) is 9.05. The standard InChI is InChI=1S/C27H33N5O2S/c33-24(30-14-10-20(11-15-30)18-19-6-2-1-3-7-19)21-12-16-31(17-13-21)27-29-32-25(34)22-8-4-5-9-23(22)28-26(32)35-27/h1-3,6-7,20-21H,4-5,8-18H2. The molecule has 184 valence electrons. The molecule has 0 bridgehead atoms. The third-order valence-electron chi connectivity index (χ3n) is 8.08. The van der Waals surface area contributed by atoms with Crippen LogP contribution in [0.15, 0.2) is 35.1 Å². The number of amides is 1. The molecule has 4 heterocycles. The van der Waals surface area contributed by atoms with E-state index in [0.29, 0.717) is 16.8 Å². The molecule has 35 heavy (non-hydrogen) atoms. The second-order valence-corrected chi connectivity index (χ2v) is 11.3. The minimum Gasteiger partial charge on any atom is -0.347 e. The Bertz CT molecular complexity index is 1250. The number of fused-ring (bicyclic) bond motifs is 2. The van der Waals surface area contributed by atoms with Crippen molar-refractivity contribution in [2.24, 2.45) is 11.8 Å². The number of likely N-dealkylation sites (tertiary alicyclic amines) is 1. The van der Waals surface area contributed by atoms with E-state index in [1.165, 1.54) is 21.4 Å². The third kappa shape index (κ3) is 4.60. The van der Waals surface area contributed by atoms with Crippen LogP contribution in [0.5, 0.6) is 0 Å². The van der Waals surface area contributed by atoms with Crippen LogP contribution in [0.3, 0.4) is 0 Å². The van der Waals surface area contributed by atoms with Crippen LogP contribution in [0.4, 0.5) is 5.13 Å². The fourth-order valence-corrected chi connectivity index (χ4v) is 6.93. The molecule has 0 spiro atoms. The number of carbonyl (C=O) groups excluding carboxylic acids is 1.